The molecule has 0 N–H and O–H groups in total. The lowest BCUT2D eigenvalue weighted by molar-refractivity contribution is -0.123. The highest BCUT2D eigenvalue weighted by molar-refractivity contribution is 5.81. The Balaban J connectivity index is 1.91. The van der Waals surface area contributed by atoms with Gasteiger partial charge in [-0.2, -0.15) is 0 Å². The first-order valence-corrected chi connectivity index (χ1v) is 7.45. The van der Waals surface area contributed by atoms with Gasteiger partial charge in [0, 0.05) is 44.1 Å². The second kappa shape index (κ2) is 5.70. The number of rotatable bonds is 2. The zero-order chi connectivity index (χ0) is 13.2. The molecule has 1 aliphatic heterocycles. The summed E-state index contributed by atoms with van der Waals surface area (Å²) in [6.07, 6.45) is 5.54. The molecule has 1 atom stereocenters. The van der Waals surface area contributed by atoms with Crippen LogP contribution < -0.4 is 0 Å². The van der Waals surface area contributed by atoms with Crippen LogP contribution in [0.3, 0.4) is 0 Å². The van der Waals surface area contributed by atoms with Crippen molar-refractivity contribution in [2.75, 3.05) is 33.2 Å². The first-order chi connectivity index (χ1) is 8.49. The molecule has 1 unspecified atom stereocenters. The maximum atomic E-state index is 12.1. The van der Waals surface area contributed by atoms with Crippen molar-refractivity contribution in [3.8, 4) is 0 Å². The van der Waals surface area contributed by atoms with Gasteiger partial charge in [0.1, 0.15) is 5.78 Å². The van der Waals surface area contributed by atoms with Gasteiger partial charge in [-0.25, -0.2) is 0 Å². The van der Waals surface area contributed by atoms with Crippen LogP contribution in [0.25, 0.3) is 0 Å². The van der Waals surface area contributed by atoms with Crippen LogP contribution in [0.1, 0.15) is 46.0 Å². The number of carbonyl (C=O) groups excluding carboxylic acids is 1. The number of piperazine rings is 1. The summed E-state index contributed by atoms with van der Waals surface area (Å²) < 4.78 is 0. The summed E-state index contributed by atoms with van der Waals surface area (Å²) in [6.45, 7) is 8.92. The fraction of sp³-hybridized carbons (Fsp3) is 0.933. The van der Waals surface area contributed by atoms with E-state index in [1.165, 1.54) is 12.8 Å². The summed E-state index contributed by atoms with van der Waals surface area (Å²) in [6, 6.07) is 0. The highest BCUT2D eigenvalue weighted by atomic mass is 16.1. The summed E-state index contributed by atoms with van der Waals surface area (Å²) in [4.78, 5) is 17.0. The Morgan fingerprint density at radius 2 is 2.00 bits per heavy atom. The van der Waals surface area contributed by atoms with E-state index in [0.29, 0.717) is 11.7 Å². The molecule has 3 heteroatoms. The number of ketones is 1. The lowest BCUT2D eigenvalue weighted by atomic mass is 9.95. The van der Waals surface area contributed by atoms with Crippen LogP contribution >= 0.6 is 0 Å². The van der Waals surface area contributed by atoms with Gasteiger partial charge < -0.3 is 0 Å². The molecule has 3 nitrogen and oxygen atoms in total. The van der Waals surface area contributed by atoms with E-state index in [4.69, 9.17) is 0 Å². The molecule has 1 saturated carbocycles. The highest BCUT2D eigenvalue weighted by Crippen LogP contribution is 2.24. The quantitative estimate of drug-likeness (QED) is 0.704. The van der Waals surface area contributed by atoms with Crippen LogP contribution in [-0.2, 0) is 4.79 Å². The summed E-state index contributed by atoms with van der Waals surface area (Å²) in [5.41, 5.74) is 0.242. The fourth-order valence-corrected chi connectivity index (χ4v) is 3.23. The Morgan fingerprint density at radius 3 is 2.72 bits per heavy atom. The third kappa shape index (κ3) is 3.33. The van der Waals surface area contributed by atoms with Gasteiger partial charge in [-0.3, -0.25) is 14.6 Å². The van der Waals surface area contributed by atoms with Gasteiger partial charge in [0.05, 0.1) is 0 Å². The average molecular weight is 252 g/mol. The van der Waals surface area contributed by atoms with Gasteiger partial charge in [-0.05, 0) is 33.7 Å². The average Bonchev–Trinajstić information content (AvgIpc) is 2.49. The Morgan fingerprint density at radius 1 is 1.22 bits per heavy atom. The Kier molecular flexibility index (Phi) is 4.44. The number of hydrogen-bond donors (Lipinski definition) is 0. The summed E-state index contributed by atoms with van der Waals surface area (Å²) >= 11 is 0. The van der Waals surface area contributed by atoms with Crippen molar-refractivity contribution in [3.63, 3.8) is 0 Å². The number of hydrogen-bond acceptors (Lipinski definition) is 3. The van der Waals surface area contributed by atoms with Crippen molar-refractivity contribution in [2.24, 2.45) is 5.92 Å². The predicted molar refractivity (Wildman–Crippen MR) is 74.7 cm³/mol. The van der Waals surface area contributed by atoms with E-state index in [-0.39, 0.29) is 5.54 Å². The SMILES string of the molecule is CN1CCN(CC2CCCCCC2=O)CC1(C)C. The number of Topliss-reactive ketones (excluding diaryl/α,β-unsaturated/α-hetero) is 1. The van der Waals surface area contributed by atoms with Gasteiger partial charge in [0.25, 0.3) is 0 Å². The molecule has 0 spiro atoms. The van der Waals surface area contributed by atoms with Gasteiger partial charge in [0.15, 0.2) is 0 Å². The minimum Gasteiger partial charge on any atom is -0.300 e. The molecule has 2 fully saturated rings. The molecule has 2 rings (SSSR count). The summed E-state index contributed by atoms with van der Waals surface area (Å²) in [5.74, 6) is 0.830. The van der Waals surface area contributed by atoms with Crippen molar-refractivity contribution >= 4 is 5.78 Å². The Labute approximate surface area is 112 Å². The largest absolute Gasteiger partial charge is 0.300 e. The predicted octanol–water partition coefficient (Wildman–Crippen LogP) is 2.16. The van der Waals surface area contributed by atoms with Crippen LogP contribution in [0.2, 0.25) is 0 Å². The molecule has 0 aromatic rings. The molecule has 1 saturated heterocycles. The molecule has 0 amide bonds. The van der Waals surface area contributed by atoms with Crippen LogP contribution in [0, 0.1) is 5.92 Å². The Bertz CT molecular complexity index is 301. The molecule has 0 radical (unpaired) electrons. The van der Waals surface area contributed by atoms with E-state index in [1.807, 2.05) is 0 Å². The number of likely N-dealkylation sites (N-methyl/N-ethyl adjacent to an activating group) is 1. The van der Waals surface area contributed by atoms with Crippen LogP contribution in [0.15, 0.2) is 0 Å². The van der Waals surface area contributed by atoms with Crippen molar-refractivity contribution in [1.82, 2.24) is 9.80 Å². The molecule has 0 aromatic heterocycles. The van der Waals surface area contributed by atoms with E-state index >= 15 is 0 Å². The Hall–Kier alpha value is -0.410. The molecular formula is C15H28N2O. The zero-order valence-corrected chi connectivity index (χ0v) is 12.2. The third-order valence-electron chi connectivity index (χ3n) is 4.81. The van der Waals surface area contributed by atoms with Gasteiger partial charge in [-0.15, -0.1) is 0 Å². The lowest BCUT2D eigenvalue weighted by Crippen LogP contribution is -2.58. The highest BCUT2D eigenvalue weighted by Gasteiger charge is 2.33. The molecule has 2 aliphatic rings. The van der Waals surface area contributed by atoms with Gasteiger partial charge in [0.2, 0.25) is 0 Å². The van der Waals surface area contributed by atoms with E-state index in [1.54, 1.807) is 0 Å². The van der Waals surface area contributed by atoms with E-state index in [2.05, 4.69) is 30.7 Å². The normalized spacial score (nSPS) is 31.3. The fourth-order valence-electron chi connectivity index (χ4n) is 3.23. The van der Waals surface area contributed by atoms with Crippen molar-refractivity contribution in [1.29, 1.82) is 0 Å². The monoisotopic (exact) mass is 252 g/mol. The third-order valence-corrected chi connectivity index (χ3v) is 4.81. The van der Waals surface area contributed by atoms with E-state index in [9.17, 15) is 4.79 Å². The summed E-state index contributed by atoms with van der Waals surface area (Å²) in [7, 11) is 2.20. The van der Waals surface area contributed by atoms with Gasteiger partial charge in [-0.1, -0.05) is 12.8 Å². The standard InChI is InChI=1S/C15H28N2O/c1-15(2)12-17(10-9-16(15)3)11-13-7-5-4-6-8-14(13)18/h13H,4-12H2,1-3H3. The van der Waals surface area contributed by atoms with E-state index < -0.39 is 0 Å². The minimum absolute atomic E-state index is 0.242. The smallest absolute Gasteiger partial charge is 0.137 e. The van der Waals surface area contributed by atoms with Crippen molar-refractivity contribution in [3.05, 3.63) is 0 Å². The molecule has 18 heavy (non-hydrogen) atoms. The second-order valence-corrected chi connectivity index (χ2v) is 6.73. The van der Waals surface area contributed by atoms with Gasteiger partial charge >= 0.3 is 0 Å². The molecule has 104 valence electrons. The maximum absolute atomic E-state index is 12.1. The molecule has 1 heterocycles. The molecule has 0 bridgehead atoms. The van der Waals surface area contributed by atoms with E-state index in [0.717, 1.165) is 45.4 Å². The van der Waals surface area contributed by atoms with Crippen LogP contribution in [0.4, 0.5) is 0 Å². The molecule has 0 aromatic carbocycles. The van der Waals surface area contributed by atoms with Crippen LogP contribution in [0.5, 0.6) is 0 Å². The van der Waals surface area contributed by atoms with Crippen LogP contribution in [-0.4, -0.2) is 54.3 Å². The second-order valence-electron chi connectivity index (χ2n) is 6.73. The molecule has 1 aliphatic carbocycles. The molecular weight excluding hydrogens is 224 g/mol. The number of nitrogens with zero attached hydrogens (tertiary/aromatic N) is 2. The first kappa shape index (κ1) is 14.0. The maximum Gasteiger partial charge on any atom is 0.137 e. The summed E-state index contributed by atoms with van der Waals surface area (Å²) in [5, 5.41) is 0. The number of carbonyl (C=O) groups is 1. The minimum atomic E-state index is 0.242. The van der Waals surface area contributed by atoms with Crippen molar-refractivity contribution in [2.45, 2.75) is 51.5 Å². The first-order valence-electron chi connectivity index (χ1n) is 7.45. The zero-order valence-electron chi connectivity index (χ0n) is 12.2. The van der Waals surface area contributed by atoms with Crippen molar-refractivity contribution < 1.29 is 4.79 Å². The lowest BCUT2D eigenvalue weighted by Gasteiger charge is -2.46. The topological polar surface area (TPSA) is 23.6 Å².